The number of ether oxygens (including phenoxy) is 1. The molecule has 0 bridgehead atoms. The molecular weight excluding hydrogens is 473 g/mol. The lowest BCUT2D eigenvalue weighted by Crippen LogP contribution is -2.48. The number of fused-ring (bicyclic) bond motifs is 1. The van der Waals surface area contributed by atoms with Gasteiger partial charge in [0.05, 0.1) is 41.6 Å². The van der Waals surface area contributed by atoms with Crippen molar-refractivity contribution in [3.8, 4) is 17.1 Å². The van der Waals surface area contributed by atoms with Gasteiger partial charge in [-0.25, -0.2) is 19.3 Å². The lowest BCUT2D eigenvalue weighted by atomic mass is 10.2. The van der Waals surface area contributed by atoms with Gasteiger partial charge >= 0.3 is 0 Å². The van der Waals surface area contributed by atoms with Crippen molar-refractivity contribution in [1.29, 1.82) is 0 Å². The molecule has 4 aromatic rings. The first-order chi connectivity index (χ1) is 17.0. The molecule has 1 aromatic carbocycles. The SMILES string of the molecule is COc1c(Nc2ncc(Cl)c(-c3cnc4ccccn34)n2)ccc(N2CCN(C(C)=O)CC2)c1F. The van der Waals surface area contributed by atoms with Crippen molar-refractivity contribution in [2.45, 2.75) is 6.92 Å². The van der Waals surface area contributed by atoms with E-state index in [1.54, 1.807) is 30.2 Å². The van der Waals surface area contributed by atoms with E-state index in [-0.39, 0.29) is 17.6 Å². The standard InChI is InChI=1S/C24H23ClFN7O2/c1-15(34)31-9-11-32(12-10-31)18-7-6-17(23(35-2)21(18)26)29-24-28-13-16(25)22(30-24)19-14-27-20-5-3-4-8-33(19)20/h3-8,13-14H,9-12H2,1-2H3,(H,28,29,30). The number of anilines is 3. The molecule has 1 fully saturated rings. The number of aromatic nitrogens is 4. The highest BCUT2D eigenvalue weighted by Crippen LogP contribution is 2.37. The van der Waals surface area contributed by atoms with Crippen LogP contribution in [0.5, 0.6) is 5.75 Å². The number of carbonyl (C=O) groups is 1. The zero-order valence-corrected chi connectivity index (χ0v) is 20.0. The molecule has 180 valence electrons. The molecule has 3 aromatic heterocycles. The lowest BCUT2D eigenvalue weighted by molar-refractivity contribution is -0.129. The van der Waals surface area contributed by atoms with Gasteiger partial charge < -0.3 is 19.9 Å². The molecule has 1 amide bonds. The third-order valence-electron chi connectivity index (χ3n) is 6.00. The number of hydrogen-bond donors (Lipinski definition) is 1. The second kappa shape index (κ2) is 9.38. The van der Waals surface area contributed by atoms with E-state index < -0.39 is 5.82 Å². The number of halogens is 2. The molecule has 0 radical (unpaired) electrons. The molecule has 5 rings (SSSR count). The van der Waals surface area contributed by atoms with Crippen LogP contribution in [-0.2, 0) is 4.79 Å². The Morgan fingerprint density at radius 1 is 1.11 bits per heavy atom. The number of rotatable bonds is 5. The monoisotopic (exact) mass is 495 g/mol. The van der Waals surface area contributed by atoms with Crippen molar-refractivity contribution in [3.05, 3.63) is 59.8 Å². The van der Waals surface area contributed by atoms with Gasteiger partial charge in [-0.2, -0.15) is 0 Å². The molecule has 0 unspecified atom stereocenters. The summed E-state index contributed by atoms with van der Waals surface area (Å²) in [5.41, 5.74) is 2.74. The quantitative estimate of drug-likeness (QED) is 0.447. The van der Waals surface area contributed by atoms with E-state index in [1.165, 1.54) is 13.3 Å². The maximum absolute atomic E-state index is 15.5. The fraction of sp³-hybridized carbons (Fsp3) is 0.250. The lowest BCUT2D eigenvalue weighted by Gasteiger charge is -2.36. The highest BCUT2D eigenvalue weighted by molar-refractivity contribution is 6.32. The summed E-state index contributed by atoms with van der Waals surface area (Å²) in [6, 6.07) is 9.08. The Bertz CT molecular complexity index is 1400. The Morgan fingerprint density at radius 3 is 2.66 bits per heavy atom. The highest BCUT2D eigenvalue weighted by atomic mass is 35.5. The predicted molar refractivity (Wildman–Crippen MR) is 132 cm³/mol. The van der Waals surface area contributed by atoms with Crippen LogP contribution in [0, 0.1) is 5.82 Å². The van der Waals surface area contributed by atoms with Crippen LogP contribution in [0.3, 0.4) is 0 Å². The molecule has 9 nitrogen and oxygen atoms in total. The molecule has 1 N–H and O–H groups in total. The van der Waals surface area contributed by atoms with Gasteiger partial charge in [-0.05, 0) is 24.3 Å². The average molecular weight is 496 g/mol. The van der Waals surface area contributed by atoms with Crippen LogP contribution in [0.1, 0.15) is 6.92 Å². The molecule has 0 spiro atoms. The number of pyridine rings is 1. The first-order valence-electron chi connectivity index (χ1n) is 11.0. The number of carbonyl (C=O) groups excluding carboxylic acids is 1. The van der Waals surface area contributed by atoms with Gasteiger partial charge in [-0.15, -0.1) is 0 Å². The molecule has 1 aliphatic heterocycles. The van der Waals surface area contributed by atoms with Crippen molar-refractivity contribution in [2.75, 3.05) is 43.5 Å². The zero-order chi connectivity index (χ0) is 24.5. The summed E-state index contributed by atoms with van der Waals surface area (Å²) in [6.45, 7) is 3.70. The number of hydrogen-bond acceptors (Lipinski definition) is 7. The van der Waals surface area contributed by atoms with Crippen LogP contribution in [0.4, 0.5) is 21.7 Å². The molecule has 35 heavy (non-hydrogen) atoms. The minimum Gasteiger partial charge on any atom is -0.492 e. The van der Waals surface area contributed by atoms with E-state index >= 15 is 4.39 Å². The minimum atomic E-state index is -0.496. The molecule has 4 heterocycles. The van der Waals surface area contributed by atoms with Crippen LogP contribution in [-0.4, -0.2) is 63.4 Å². The predicted octanol–water partition coefficient (Wildman–Crippen LogP) is 4.00. The second-order valence-electron chi connectivity index (χ2n) is 8.06. The van der Waals surface area contributed by atoms with E-state index in [1.807, 2.05) is 33.7 Å². The van der Waals surface area contributed by atoms with E-state index in [4.69, 9.17) is 16.3 Å². The van der Waals surface area contributed by atoms with Gasteiger partial charge in [0.2, 0.25) is 11.9 Å². The maximum Gasteiger partial charge on any atom is 0.227 e. The van der Waals surface area contributed by atoms with Crippen LogP contribution in [0.25, 0.3) is 17.0 Å². The Morgan fingerprint density at radius 2 is 1.91 bits per heavy atom. The third kappa shape index (κ3) is 4.32. The van der Waals surface area contributed by atoms with Gasteiger partial charge in [0, 0.05) is 39.3 Å². The van der Waals surface area contributed by atoms with E-state index in [0.717, 1.165) is 5.65 Å². The number of methoxy groups -OCH3 is 1. The van der Waals surface area contributed by atoms with Crippen LogP contribution in [0.2, 0.25) is 5.02 Å². The summed E-state index contributed by atoms with van der Waals surface area (Å²) < 4.78 is 22.7. The smallest absolute Gasteiger partial charge is 0.227 e. The van der Waals surface area contributed by atoms with Gasteiger partial charge in [0.1, 0.15) is 11.3 Å². The summed E-state index contributed by atoms with van der Waals surface area (Å²) in [6.07, 6.45) is 5.05. The van der Waals surface area contributed by atoms with E-state index in [0.29, 0.717) is 54.0 Å². The van der Waals surface area contributed by atoms with Gasteiger partial charge in [0.25, 0.3) is 0 Å². The number of nitrogens with zero attached hydrogens (tertiary/aromatic N) is 6. The second-order valence-corrected chi connectivity index (χ2v) is 8.47. The number of piperazine rings is 1. The Balaban J connectivity index is 1.43. The van der Waals surface area contributed by atoms with Crippen LogP contribution in [0.15, 0.2) is 48.9 Å². The topological polar surface area (TPSA) is 87.9 Å². The van der Waals surface area contributed by atoms with Crippen molar-refractivity contribution < 1.29 is 13.9 Å². The van der Waals surface area contributed by atoms with E-state index in [2.05, 4.69) is 20.3 Å². The molecular formula is C24H23ClFN7O2. The Kier molecular flexibility index (Phi) is 6.12. The van der Waals surface area contributed by atoms with Gasteiger partial charge in [-0.3, -0.25) is 9.20 Å². The molecule has 0 atom stereocenters. The van der Waals surface area contributed by atoms with Gasteiger partial charge in [-0.1, -0.05) is 17.7 Å². The van der Waals surface area contributed by atoms with Crippen molar-refractivity contribution >= 4 is 40.5 Å². The third-order valence-corrected chi connectivity index (χ3v) is 6.27. The summed E-state index contributed by atoms with van der Waals surface area (Å²) in [4.78, 5) is 28.5. The molecule has 0 saturated carbocycles. The van der Waals surface area contributed by atoms with E-state index in [9.17, 15) is 4.79 Å². The van der Waals surface area contributed by atoms with Crippen LogP contribution < -0.4 is 15.0 Å². The summed E-state index contributed by atoms with van der Waals surface area (Å²) in [7, 11) is 1.41. The number of nitrogens with one attached hydrogen (secondary N) is 1. The number of imidazole rings is 1. The fourth-order valence-electron chi connectivity index (χ4n) is 4.19. The first-order valence-corrected chi connectivity index (χ1v) is 11.4. The van der Waals surface area contributed by atoms with Crippen LogP contribution >= 0.6 is 11.6 Å². The molecule has 11 heteroatoms. The normalized spacial score (nSPS) is 13.8. The highest BCUT2D eigenvalue weighted by Gasteiger charge is 2.24. The van der Waals surface area contributed by atoms with Gasteiger partial charge in [0.15, 0.2) is 11.6 Å². The summed E-state index contributed by atoms with van der Waals surface area (Å²) in [5, 5.41) is 3.41. The Hall–Kier alpha value is -3.92. The fourth-order valence-corrected chi connectivity index (χ4v) is 4.37. The Labute approximate surface area is 206 Å². The van der Waals surface area contributed by atoms with Crippen molar-refractivity contribution in [2.24, 2.45) is 0 Å². The molecule has 1 aliphatic rings. The number of benzene rings is 1. The first kappa shape index (κ1) is 22.9. The summed E-state index contributed by atoms with van der Waals surface area (Å²) in [5.74, 6) is -0.194. The number of amides is 1. The largest absolute Gasteiger partial charge is 0.492 e. The minimum absolute atomic E-state index is 0.0218. The van der Waals surface area contributed by atoms with Crippen molar-refractivity contribution in [1.82, 2.24) is 24.3 Å². The zero-order valence-electron chi connectivity index (χ0n) is 19.2. The average Bonchev–Trinajstić information content (AvgIpc) is 3.29. The summed E-state index contributed by atoms with van der Waals surface area (Å²) >= 11 is 6.40. The maximum atomic E-state index is 15.5. The van der Waals surface area contributed by atoms with Crippen molar-refractivity contribution in [3.63, 3.8) is 0 Å². The molecule has 0 aliphatic carbocycles. The molecule has 1 saturated heterocycles.